The van der Waals surface area contributed by atoms with Crippen molar-refractivity contribution in [2.24, 2.45) is 0 Å². The van der Waals surface area contributed by atoms with Crippen molar-refractivity contribution < 1.29 is 4.52 Å². The first-order valence-electron chi connectivity index (χ1n) is 4.92. The fourth-order valence-electron chi connectivity index (χ4n) is 1.28. The predicted molar refractivity (Wildman–Crippen MR) is 73.8 cm³/mol. The summed E-state index contributed by atoms with van der Waals surface area (Å²) >= 11 is 10.0. The molecule has 0 N–H and O–H groups in total. The van der Waals surface area contributed by atoms with Crippen LogP contribution in [0.15, 0.2) is 16.0 Å². The highest BCUT2D eigenvalue weighted by Crippen LogP contribution is 2.28. The number of rotatable bonds is 4. The largest absolute Gasteiger partial charge is 0.334 e. The Morgan fingerprint density at radius 1 is 1.62 bits per heavy atom. The second-order valence-electron chi connectivity index (χ2n) is 3.35. The van der Waals surface area contributed by atoms with Gasteiger partial charge in [-0.15, -0.1) is 22.9 Å². The molecule has 3 nitrogen and oxygen atoms in total. The monoisotopic (exact) mass is 368 g/mol. The van der Waals surface area contributed by atoms with Crippen molar-refractivity contribution in [2.45, 2.75) is 25.1 Å². The second kappa shape index (κ2) is 5.46. The maximum Gasteiger partial charge on any atom is 0.258 e. The summed E-state index contributed by atoms with van der Waals surface area (Å²) in [6, 6.07) is 2.02. The van der Waals surface area contributed by atoms with E-state index in [2.05, 4.69) is 39.7 Å². The van der Waals surface area contributed by atoms with Gasteiger partial charge in [0.15, 0.2) is 5.82 Å². The van der Waals surface area contributed by atoms with E-state index in [9.17, 15) is 0 Å². The quantitative estimate of drug-likeness (QED) is 0.590. The van der Waals surface area contributed by atoms with Gasteiger partial charge < -0.3 is 4.52 Å². The number of thiophene rings is 1. The molecule has 0 aliphatic carbocycles. The molecule has 0 aromatic carbocycles. The summed E-state index contributed by atoms with van der Waals surface area (Å²) in [6.07, 6.45) is 1.87. The Labute approximate surface area is 116 Å². The Balaban J connectivity index is 2.19. The van der Waals surface area contributed by atoms with Crippen LogP contribution in [0.1, 0.15) is 31.0 Å². The van der Waals surface area contributed by atoms with Gasteiger partial charge in [0, 0.05) is 5.38 Å². The second-order valence-corrected chi connectivity index (χ2v) is 6.69. The van der Waals surface area contributed by atoms with Crippen LogP contribution in [-0.2, 0) is 0 Å². The van der Waals surface area contributed by atoms with Gasteiger partial charge in [0.1, 0.15) is 0 Å². The fourth-order valence-corrected chi connectivity index (χ4v) is 2.91. The van der Waals surface area contributed by atoms with Gasteiger partial charge in [-0.3, -0.25) is 0 Å². The van der Waals surface area contributed by atoms with Gasteiger partial charge in [0.25, 0.3) is 5.89 Å². The molecule has 2 heterocycles. The first kappa shape index (κ1) is 12.3. The lowest BCUT2D eigenvalue weighted by atomic mass is 10.2. The van der Waals surface area contributed by atoms with Crippen LogP contribution in [-0.4, -0.2) is 10.1 Å². The van der Waals surface area contributed by atoms with Crippen LogP contribution in [0.5, 0.6) is 0 Å². The van der Waals surface area contributed by atoms with E-state index < -0.39 is 0 Å². The maximum absolute atomic E-state index is 6.13. The molecule has 2 aromatic heterocycles. The summed E-state index contributed by atoms with van der Waals surface area (Å²) < 4.78 is 6.39. The number of hydrogen-bond acceptors (Lipinski definition) is 4. The van der Waals surface area contributed by atoms with Gasteiger partial charge in [0.2, 0.25) is 0 Å². The van der Waals surface area contributed by atoms with Gasteiger partial charge in [0.05, 0.1) is 13.8 Å². The van der Waals surface area contributed by atoms with Gasteiger partial charge in [-0.25, -0.2) is 0 Å². The van der Waals surface area contributed by atoms with Gasteiger partial charge in [-0.05, 0) is 35.1 Å². The minimum absolute atomic E-state index is 0.153. The van der Waals surface area contributed by atoms with E-state index in [1.807, 2.05) is 11.4 Å². The lowest BCUT2D eigenvalue weighted by molar-refractivity contribution is 0.420. The zero-order valence-electron chi connectivity index (χ0n) is 8.61. The molecule has 2 rings (SSSR count). The molecule has 0 radical (unpaired) electrons. The van der Waals surface area contributed by atoms with Gasteiger partial charge in [-0.1, -0.05) is 18.5 Å². The predicted octanol–water partition coefficient (Wildman–Crippen LogP) is 4.48. The zero-order valence-corrected chi connectivity index (χ0v) is 12.3. The lowest BCUT2D eigenvalue weighted by Crippen LogP contribution is -1.92. The molecule has 2 aromatic rings. The van der Waals surface area contributed by atoms with Crippen molar-refractivity contribution in [3.8, 4) is 11.5 Å². The summed E-state index contributed by atoms with van der Waals surface area (Å²) in [5.74, 6) is 1.13. The van der Waals surface area contributed by atoms with Crippen molar-refractivity contribution in [2.75, 3.05) is 0 Å². The van der Waals surface area contributed by atoms with Crippen LogP contribution in [0, 0.1) is 2.88 Å². The topological polar surface area (TPSA) is 38.9 Å². The van der Waals surface area contributed by atoms with E-state index in [0.717, 1.165) is 18.4 Å². The van der Waals surface area contributed by atoms with E-state index in [1.54, 1.807) is 11.3 Å². The summed E-state index contributed by atoms with van der Waals surface area (Å²) in [4.78, 5) is 4.31. The molecular formula is C10H10ClIN2OS. The number of halogens is 2. The average Bonchev–Trinajstić information content (AvgIpc) is 2.85. The summed E-state index contributed by atoms with van der Waals surface area (Å²) in [7, 11) is 0. The molecule has 16 heavy (non-hydrogen) atoms. The Morgan fingerprint density at radius 2 is 2.44 bits per heavy atom. The first-order valence-corrected chi connectivity index (χ1v) is 7.32. The lowest BCUT2D eigenvalue weighted by Gasteiger charge is -1.99. The molecule has 0 aliphatic rings. The van der Waals surface area contributed by atoms with Crippen LogP contribution in [0.3, 0.4) is 0 Å². The minimum Gasteiger partial charge on any atom is -0.334 e. The molecule has 0 fully saturated rings. The van der Waals surface area contributed by atoms with E-state index in [-0.39, 0.29) is 5.38 Å². The third-order valence-corrected chi connectivity index (χ3v) is 4.28. The molecule has 1 unspecified atom stereocenters. The zero-order chi connectivity index (χ0) is 11.5. The number of aromatic nitrogens is 2. The fraction of sp³-hybridized carbons (Fsp3) is 0.400. The Bertz CT molecular complexity index is 471. The number of hydrogen-bond donors (Lipinski definition) is 0. The van der Waals surface area contributed by atoms with E-state index in [1.165, 1.54) is 2.88 Å². The third kappa shape index (κ3) is 2.75. The highest BCUT2D eigenvalue weighted by atomic mass is 127. The van der Waals surface area contributed by atoms with Crippen molar-refractivity contribution in [1.82, 2.24) is 10.1 Å². The highest BCUT2D eigenvalue weighted by Gasteiger charge is 2.16. The standard InChI is InChI=1S/C10H10ClIN2OS/c1-2-3-7(11)9-13-10(15-14-9)6-4-8(12)16-5-6/h4-5,7H,2-3H2,1H3. The van der Waals surface area contributed by atoms with Gasteiger partial charge in [-0.2, -0.15) is 4.98 Å². The molecule has 1 atom stereocenters. The highest BCUT2D eigenvalue weighted by molar-refractivity contribution is 14.1. The molecule has 0 aliphatic heterocycles. The molecule has 0 bridgehead atoms. The number of alkyl halides is 1. The third-order valence-electron chi connectivity index (χ3n) is 2.08. The van der Waals surface area contributed by atoms with E-state index in [0.29, 0.717) is 11.7 Å². The maximum atomic E-state index is 6.13. The van der Waals surface area contributed by atoms with Crippen molar-refractivity contribution >= 4 is 45.5 Å². The van der Waals surface area contributed by atoms with E-state index in [4.69, 9.17) is 16.1 Å². The summed E-state index contributed by atoms with van der Waals surface area (Å²) in [6.45, 7) is 2.08. The van der Waals surface area contributed by atoms with Crippen molar-refractivity contribution in [3.05, 3.63) is 20.2 Å². The first-order chi connectivity index (χ1) is 7.70. The average molecular weight is 369 g/mol. The minimum atomic E-state index is -0.153. The normalized spacial score (nSPS) is 12.9. The van der Waals surface area contributed by atoms with Crippen LogP contribution < -0.4 is 0 Å². The summed E-state index contributed by atoms with van der Waals surface area (Å²) in [5.41, 5.74) is 0.966. The SMILES string of the molecule is CCCC(Cl)c1noc(-c2csc(I)c2)n1. The number of nitrogens with zero attached hydrogens (tertiary/aromatic N) is 2. The van der Waals surface area contributed by atoms with Crippen LogP contribution in [0.2, 0.25) is 0 Å². The molecule has 0 spiro atoms. The van der Waals surface area contributed by atoms with E-state index >= 15 is 0 Å². The molecular weight excluding hydrogens is 359 g/mol. The van der Waals surface area contributed by atoms with Crippen LogP contribution in [0.4, 0.5) is 0 Å². The Morgan fingerprint density at radius 3 is 3.06 bits per heavy atom. The van der Waals surface area contributed by atoms with Crippen LogP contribution >= 0.6 is 45.5 Å². The smallest absolute Gasteiger partial charge is 0.258 e. The Hall–Kier alpha value is -0.140. The van der Waals surface area contributed by atoms with Crippen molar-refractivity contribution in [3.63, 3.8) is 0 Å². The molecule has 6 heteroatoms. The Kier molecular flexibility index (Phi) is 4.21. The molecule has 0 saturated carbocycles. The summed E-state index contributed by atoms with van der Waals surface area (Å²) in [5, 5.41) is 5.75. The van der Waals surface area contributed by atoms with Gasteiger partial charge >= 0.3 is 0 Å². The molecule has 0 amide bonds. The molecule has 0 saturated heterocycles. The molecule has 86 valence electrons. The van der Waals surface area contributed by atoms with Crippen molar-refractivity contribution in [1.29, 1.82) is 0 Å². The van der Waals surface area contributed by atoms with Crippen LogP contribution in [0.25, 0.3) is 11.5 Å².